The Bertz CT molecular complexity index is 704. The number of phenols is 1. The fourth-order valence-corrected chi connectivity index (χ4v) is 3.61. The van der Waals surface area contributed by atoms with Gasteiger partial charge in [0.05, 0.1) is 5.92 Å². The van der Waals surface area contributed by atoms with Crippen molar-refractivity contribution in [3.63, 3.8) is 0 Å². The van der Waals surface area contributed by atoms with Crippen LogP contribution in [0.4, 0.5) is 0 Å². The summed E-state index contributed by atoms with van der Waals surface area (Å²) < 4.78 is 0. The van der Waals surface area contributed by atoms with Crippen LogP contribution in [0.2, 0.25) is 0 Å². The molecule has 2 heterocycles. The maximum absolute atomic E-state index is 12.6. The lowest BCUT2D eigenvalue weighted by Gasteiger charge is -2.36. The zero-order valence-electron chi connectivity index (χ0n) is 13.5. The van der Waals surface area contributed by atoms with Crippen molar-refractivity contribution in [3.05, 3.63) is 52.2 Å². The topological polar surface area (TPSA) is 60.9 Å². The van der Waals surface area contributed by atoms with Gasteiger partial charge in [-0.2, -0.15) is 11.3 Å². The number of thiophene rings is 1. The summed E-state index contributed by atoms with van der Waals surface area (Å²) in [4.78, 5) is 28.6. The molecule has 1 aromatic carbocycles. The summed E-state index contributed by atoms with van der Waals surface area (Å²) in [6, 6.07) is 8.24. The number of aromatic hydroxyl groups is 1. The van der Waals surface area contributed by atoms with E-state index >= 15 is 0 Å². The number of nitrogens with zero attached hydrogens (tertiary/aromatic N) is 2. The van der Waals surface area contributed by atoms with Gasteiger partial charge in [0.1, 0.15) is 5.75 Å². The molecule has 0 bridgehead atoms. The zero-order chi connectivity index (χ0) is 17.1. The highest BCUT2D eigenvalue weighted by Crippen LogP contribution is 2.21. The van der Waals surface area contributed by atoms with Crippen molar-refractivity contribution in [1.29, 1.82) is 0 Å². The second kappa shape index (κ2) is 7.05. The highest BCUT2D eigenvalue weighted by Gasteiger charge is 2.28. The van der Waals surface area contributed by atoms with E-state index in [1.54, 1.807) is 28.4 Å². The highest BCUT2D eigenvalue weighted by molar-refractivity contribution is 7.08. The minimum absolute atomic E-state index is 0.0621. The van der Waals surface area contributed by atoms with Crippen LogP contribution in [-0.2, 0) is 4.79 Å². The van der Waals surface area contributed by atoms with E-state index in [-0.39, 0.29) is 23.5 Å². The summed E-state index contributed by atoms with van der Waals surface area (Å²) in [6.07, 6.45) is 0. The molecule has 2 amide bonds. The molecular weight excluding hydrogens is 324 g/mol. The molecule has 1 N–H and O–H groups in total. The molecule has 6 heteroatoms. The van der Waals surface area contributed by atoms with Crippen LogP contribution < -0.4 is 0 Å². The Hall–Kier alpha value is -2.34. The Morgan fingerprint density at radius 2 is 1.67 bits per heavy atom. The number of piperazine rings is 1. The molecule has 5 nitrogen and oxygen atoms in total. The van der Waals surface area contributed by atoms with E-state index in [2.05, 4.69) is 0 Å². The van der Waals surface area contributed by atoms with Gasteiger partial charge in [0.25, 0.3) is 5.91 Å². The lowest BCUT2D eigenvalue weighted by Crippen LogP contribution is -2.51. The Kier molecular flexibility index (Phi) is 4.85. The zero-order valence-corrected chi connectivity index (χ0v) is 14.3. The minimum atomic E-state index is -0.143. The van der Waals surface area contributed by atoms with Gasteiger partial charge in [-0.1, -0.05) is 0 Å². The van der Waals surface area contributed by atoms with Crippen LogP contribution in [0, 0.1) is 0 Å². The number of rotatable bonds is 3. The first kappa shape index (κ1) is 16.5. The van der Waals surface area contributed by atoms with Crippen molar-refractivity contribution in [2.75, 3.05) is 26.2 Å². The lowest BCUT2D eigenvalue weighted by atomic mass is 10.0. The van der Waals surface area contributed by atoms with Gasteiger partial charge < -0.3 is 14.9 Å². The van der Waals surface area contributed by atoms with Crippen molar-refractivity contribution in [2.24, 2.45) is 0 Å². The molecule has 2 aromatic rings. The summed E-state index contributed by atoms with van der Waals surface area (Å²) in [7, 11) is 0. The van der Waals surface area contributed by atoms with E-state index in [1.807, 2.05) is 28.7 Å². The van der Waals surface area contributed by atoms with Crippen LogP contribution in [0.1, 0.15) is 28.8 Å². The molecule has 1 aromatic heterocycles. The third kappa shape index (κ3) is 3.43. The first-order chi connectivity index (χ1) is 11.6. The number of carbonyl (C=O) groups is 2. The quantitative estimate of drug-likeness (QED) is 0.931. The predicted octanol–water partition coefficient (Wildman–Crippen LogP) is 2.54. The van der Waals surface area contributed by atoms with Crippen molar-refractivity contribution >= 4 is 23.2 Å². The SMILES string of the molecule is C[C@@H](C(=O)N1CCN(C(=O)c2ccc(O)cc2)CC1)c1ccsc1. The number of carbonyl (C=O) groups excluding carboxylic acids is 2. The van der Waals surface area contributed by atoms with Crippen LogP contribution in [0.5, 0.6) is 5.75 Å². The highest BCUT2D eigenvalue weighted by atomic mass is 32.1. The standard InChI is InChI=1S/C18H20N2O3S/c1-13(15-6-11-24-12-15)17(22)19-7-9-20(10-8-19)18(23)14-2-4-16(21)5-3-14/h2-6,11-13,21H,7-10H2,1H3/t13-/m1/s1. The van der Waals surface area contributed by atoms with Gasteiger partial charge in [-0.25, -0.2) is 0 Å². The number of hydrogen-bond donors (Lipinski definition) is 1. The van der Waals surface area contributed by atoms with Gasteiger partial charge in [0.15, 0.2) is 0 Å². The molecule has 1 aliphatic rings. The third-order valence-corrected chi connectivity index (χ3v) is 5.11. The Labute approximate surface area is 145 Å². The fraction of sp³-hybridized carbons (Fsp3) is 0.333. The minimum Gasteiger partial charge on any atom is -0.508 e. The van der Waals surface area contributed by atoms with E-state index in [4.69, 9.17) is 0 Å². The van der Waals surface area contributed by atoms with Crippen molar-refractivity contribution in [2.45, 2.75) is 12.8 Å². The average Bonchev–Trinajstić information content (AvgIpc) is 3.15. The number of phenolic OH excluding ortho intramolecular Hbond substituents is 1. The van der Waals surface area contributed by atoms with E-state index in [0.29, 0.717) is 31.7 Å². The Morgan fingerprint density at radius 1 is 1.04 bits per heavy atom. The number of hydrogen-bond acceptors (Lipinski definition) is 4. The van der Waals surface area contributed by atoms with Gasteiger partial charge in [-0.05, 0) is 53.6 Å². The molecule has 0 aliphatic carbocycles. The van der Waals surface area contributed by atoms with E-state index in [0.717, 1.165) is 5.56 Å². The van der Waals surface area contributed by atoms with Gasteiger partial charge in [0, 0.05) is 31.7 Å². The summed E-state index contributed by atoms with van der Waals surface area (Å²) in [5, 5.41) is 13.3. The third-order valence-electron chi connectivity index (χ3n) is 4.41. The monoisotopic (exact) mass is 344 g/mol. The smallest absolute Gasteiger partial charge is 0.253 e. The Morgan fingerprint density at radius 3 is 2.25 bits per heavy atom. The van der Waals surface area contributed by atoms with E-state index in [1.165, 1.54) is 12.1 Å². The molecule has 1 atom stereocenters. The van der Waals surface area contributed by atoms with Crippen molar-refractivity contribution in [3.8, 4) is 5.75 Å². The molecule has 0 radical (unpaired) electrons. The number of amides is 2. The average molecular weight is 344 g/mol. The predicted molar refractivity (Wildman–Crippen MR) is 93.3 cm³/mol. The molecular formula is C18H20N2O3S. The summed E-state index contributed by atoms with van der Waals surface area (Å²) in [6.45, 7) is 4.09. The van der Waals surface area contributed by atoms with Gasteiger partial charge in [0.2, 0.25) is 5.91 Å². The molecule has 1 fully saturated rings. The maximum atomic E-state index is 12.6. The Balaban J connectivity index is 1.58. The first-order valence-electron chi connectivity index (χ1n) is 7.95. The first-order valence-corrected chi connectivity index (χ1v) is 8.89. The number of benzene rings is 1. The van der Waals surface area contributed by atoms with Crippen LogP contribution in [-0.4, -0.2) is 52.9 Å². The normalized spacial score (nSPS) is 16.0. The van der Waals surface area contributed by atoms with Crippen molar-refractivity contribution in [1.82, 2.24) is 9.80 Å². The molecule has 24 heavy (non-hydrogen) atoms. The van der Waals surface area contributed by atoms with Gasteiger partial charge in [-0.3, -0.25) is 9.59 Å². The largest absolute Gasteiger partial charge is 0.508 e. The van der Waals surface area contributed by atoms with Crippen LogP contribution in [0.15, 0.2) is 41.1 Å². The van der Waals surface area contributed by atoms with Crippen LogP contribution in [0.3, 0.4) is 0 Å². The molecule has 1 saturated heterocycles. The molecule has 126 valence electrons. The van der Waals surface area contributed by atoms with Gasteiger partial charge >= 0.3 is 0 Å². The maximum Gasteiger partial charge on any atom is 0.253 e. The molecule has 3 rings (SSSR count). The molecule has 0 unspecified atom stereocenters. The van der Waals surface area contributed by atoms with Crippen molar-refractivity contribution < 1.29 is 14.7 Å². The van der Waals surface area contributed by atoms with E-state index < -0.39 is 0 Å². The fourth-order valence-electron chi connectivity index (χ4n) is 2.85. The van der Waals surface area contributed by atoms with Gasteiger partial charge in [-0.15, -0.1) is 0 Å². The lowest BCUT2D eigenvalue weighted by molar-refractivity contribution is -0.133. The second-order valence-electron chi connectivity index (χ2n) is 5.94. The van der Waals surface area contributed by atoms with Crippen LogP contribution >= 0.6 is 11.3 Å². The second-order valence-corrected chi connectivity index (χ2v) is 6.72. The van der Waals surface area contributed by atoms with E-state index in [9.17, 15) is 14.7 Å². The molecule has 1 aliphatic heterocycles. The summed E-state index contributed by atoms with van der Waals surface area (Å²) >= 11 is 1.59. The summed E-state index contributed by atoms with van der Waals surface area (Å²) in [5.74, 6) is 0.0538. The molecule has 0 saturated carbocycles. The summed E-state index contributed by atoms with van der Waals surface area (Å²) in [5.41, 5.74) is 1.60. The van der Waals surface area contributed by atoms with Crippen LogP contribution in [0.25, 0.3) is 0 Å². The molecule has 0 spiro atoms.